The fourth-order valence-electron chi connectivity index (χ4n) is 1.47. The molecule has 1 aromatic carbocycles. The minimum absolute atomic E-state index is 0.229. The van der Waals surface area contributed by atoms with Gasteiger partial charge in [0.2, 0.25) is 15.2 Å². The molecule has 19 heavy (non-hydrogen) atoms. The van der Waals surface area contributed by atoms with Crippen molar-refractivity contribution < 1.29 is 8.42 Å². The minimum Gasteiger partial charge on any atom is -0.257 e. The van der Waals surface area contributed by atoms with Gasteiger partial charge in [0, 0.05) is 0 Å². The first-order chi connectivity index (χ1) is 9.00. The Morgan fingerprint density at radius 1 is 1.37 bits per heavy atom. The van der Waals surface area contributed by atoms with Gasteiger partial charge >= 0.3 is 0 Å². The predicted molar refractivity (Wildman–Crippen MR) is 72.0 cm³/mol. The van der Waals surface area contributed by atoms with Gasteiger partial charge in [0.25, 0.3) is 0 Å². The zero-order chi connectivity index (χ0) is 13.9. The summed E-state index contributed by atoms with van der Waals surface area (Å²) in [6.45, 7) is 1.74. The van der Waals surface area contributed by atoms with E-state index in [1.807, 2.05) is 6.07 Å². The van der Waals surface area contributed by atoms with Crippen LogP contribution in [0.1, 0.15) is 16.1 Å². The van der Waals surface area contributed by atoms with E-state index in [-0.39, 0.29) is 10.9 Å². The van der Waals surface area contributed by atoms with Crippen molar-refractivity contribution in [2.75, 3.05) is 4.72 Å². The van der Waals surface area contributed by atoms with Crippen LogP contribution in [-0.2, 0) is 15.8 Å². The van der Waals surface area contributed by atoms with Crippen LogP contribution >= 0.6 is 11.3 Å². The maximum absolute atomic E-state index is 12.0. The molecule has 0 unspecified atom stereocenters. The van der Waals surface area contributed by atoms with Crippen molar-refractivity contribution in [3.63, 3.8) is 0 Å². The van der Waals surface area contributed by atoms with Gasteiger partial charge in [-0.3, -0.25) is 4.72 Å². The zero-order valence-electron chi connectivity index (χ0n) is 9.99. The summed E-state index contributed by atoms with van der Waals surface area (Å²) in [7, 11) is -3.60. The van der Waals surface area contributed by atoms with Gasteiger partial charge in [0.05, 0.1) is 17.4 Å². The van der Waals surface area contributed by atoms with Gasteiger partial charge in [-0.1, -0.05) is 29.5 Å². The van der Waals surface area contributed by atoms with Crippen LogP contribution in [0.5, 0.6) is 0 Å². The molecule has 1 aromatic heterocycles. The molecule has 0 amide bonds. The van der Waals surface area contributed by atoms with Crippen LogP contribution in [0.25, 0.3) is 0 Å². The van der Waals surface area contributed by atoms with E-state index in [4.69, 9.17) is 5.26 Å². The smallest absolute Gasteiger partial charge is 0.238 e. The minimum atomic E-state index is -3.60. The summed E-state index contributed by atoms with van der Waals surface area (Å²) in [4.78, 5) is 0. The van der Waals surface area contributed by atoms with Crippen LogP contribution < -0.4 is 4.72 Å². The quantitative estimate of drug-likeness (QED) is 0.925. The summed E-state index contributed by atoms with van der Waals surface area (Å²) >= 11 is 1.16. The summed E-state index contributed by atoms with van der Waals surface area (Å²) in [5.41, 5.74) is 0.806. The molecule has 0 atom stereocenters. The van der Waals surface area contributed by atoms with Crippen LogP contribution in [-0.4, -0.2) is 18.6 Å². The number of rotatable bonds is 4. The van der Waals surface area contributed by atoms with Crippen molar-refractivity contribution in [1.29, 1.82) is 5.26 Å². The van der Waals surface area contributed by atoms with Crippen LogP contribution in [0.2, 0.25) is 0 Å². The molecule has 0 spiro atoms. The van der Waals surface area contributed by atoms with E-state index >= 15 is 0 Å². The molecule has 1 heterocycles. The highest BCUT2D eigenvalue weighted by atomic mass is 32.2. The molecule has 98 valence electrons. The van der Waals surface area contributed by atoms with Crippen LogP contribution in [0, 0.1) is 18.3 Å². The molecule has 0 fully saturated rings. The Morgan fingerprint density at radius 2 is 2.11 bits per heavy atom. The maximum atomic E-state index is 12.0. The topological polar surface area (TPSA) is 95.7 Å². The number of aromatic nitrogens is 2. The van der Waals surface area contributed by atoms with Crippen molar-refractivity contribution >= 4 is 26.5 Å². The van der Waals surface area contributed by atoms with Crippen molar-refractivity contribution in [1.82, 2.24) is 10.2 Å². The monoisotopic (exact) mass is 294 g/mol. The van der Waals surface area contributed by atoms with Crippen molar-refractivity contribution in [2.24, 2.45) is 0 Å². The molecule has 0 bridgehead atoms. The predicted octanol–water partition coefficient (Wildman–Crippen LogP) is 1.66. The Morgan fingerprint density at radius 3 is 2.74 bits per heavy atom. The van der Waals surface area contributed by atoms with E-state index in [0.717, 1.165) is 11.3 Å². The first kappa shape index (κ1) is 13.5. The van der Waals surface area contributed by atoms with E-state index in [9.17, 15) is 8.42 Å². The van der Waals surface area contributed by atoms with E-state index in [1.54, 1.807) is 31.2 Å². The maximum Gasteiger partial charge on any atom is 0.238 e. The van der Waals surface area contributed by atoms with Crippen LogP contribution in [0.4, 0.5) is 5.13 Å². The molecule has 1 N–H and O–H groups in total. The Labute approximate surface area is 114 Å². The number of sulfonamides is 1. The second-order valence-electron chi connectivity index (χ2n) is 3.76. The molecule has 0 aliphatic carbocycles. The molecule has 0 saturated carbocycles. The number of nitrogens with zero attached hydrogens (tertiary/aromatic N) is 3. The first-order valence-corrected chi connectivity index (χ1v) is 7.75. The van der Waals surface area contributed by atoms with Gasteiger partial charge in [-0.2, -0.15) is 5.26 Å². The number of aryl methyl sites for hydroxylation is 1. The molecule has 2 aromatic rings. The van der Waals surface area contributed by atoms with E-state index in [2.05, 4.69) is 14.9 Å². The second kappa shape index (κ2) is 5.34. The summed E-state index contributed by atoms with van der Waals surface area (Å²) in [6, 6.07) is 8.55. The fraction of sp³-hybridized carbons (Fsp3) is 0.182. The van der Waals surface area contributed by atoms with Crippen LogP contribution in [0.3, 0.4) is 0 Å². The van der Waals surface area contributed by atoms with Crippen molar-refractivity contribution in [3.05, 3.63) is 40.4 Å². The number of anilines is 1. The third-order valence-electron chi connectivity index (χ3n) is 2.25. The van der Waals surface area contributed by atoms with Crippen LogP contribution in [0.15, 0.2) is 24.3 Å². The summed E-state index contributed by atoms with van der Waals surface area (Å²) in [6.07, 6.45) is 0. The third-order valence-corrected chi connectivity index (χ3v) is 4.33. The second-order valence-corrected chi connectivity index (χ2v) is 6.66. The normalized spacial score (nSPS) is 10.9. The molecule has 2 rings (SSSR count). The number of nitrogens with one attached hydrogen (secondary N) is 1. The molecular formula is C11H10N4O2S2. The lowest BCUT2D eigenvalue weighted by molar-refractivity contribution is 0.600. The standard InChI is InChI=1S/C11H10N4O2S2/c1-8-13-14-11(18-8)15-19(16,17)7-10-5-3-2-4-9(10)6-12/h2-5H,7H2,1H3,(H,14,15). The number of nitriles is 1. The summed E-state index contributed by atoms with van der Waals surface area (Å²) in [5.74, 6) is -0.268. The molecule has 0 aliphatic rings. The lowest BCUT2D eigenvalue weighted by atomic mass is 10.1. The summed E-state index contributed by atoms with van der Waals surface area (Å²) < 4.78 is 26.3. The molecular weight excluding hydrogens is 284 g/mol. The number of hydrogen-bond acceptors (Lipinski definition) is 6. The van der Waals surface area contributed by atoms with Gasteiger partial charge in [-0.25, -0.2) is 8.42 Å². The van der Waals surface area contributed by atoms with Gasteiger partial charge in [0.15, 0.2) is 0 Å². The highest BCUT2D eigenvalue weighted by molar-refractivity contribution is 7.92. The molecule has 0 aliphatic heterocycles. The van der Waals surface area contributed by atoms with Gasteiger partial charge < -0.3 is 0 Å². The third kappa shape index (κ3) is 3.49. The number of benzene rings is 1. The zero-order valence-corrected chi connectivity index (χ0v) is 11.6. The average molecular weight is 294 g/mol. The SMILES string of the molecule is Cc1nnc(NS(=O)(=O)Cc2ccccc2C#N)s1. The largest absolute Gasteiger partial charge is 0.257 e. The van der Waals surface area contributed by atoms with E-state index in [0.29, 0.717) is 16.1 Å². The van der Waals surface area contributed by atoms with Crippen molar-refractivity contribution in [2.45, 2.75) is 12.7 Å². The first-order valence-electron chi connectivity index (χ1n) is 5.29. The number of hydrogen-bond donors (Lipinski definition) is 1. The lowest BCUT2D eigenvalue weighted by Crippen LogP contribution is -2.15. The molecule has 0 saturated heterocycles. The molecule has 6 nitrogen and oxygen atoms in total. The Bertz CT molecular complexity index is 731. The Hall–Kier alpha value is -1.98. The van der Waals surface area contributed by atoms with Gasteiger partial charge in [-0.05, 0) is 18.6 Å². The Kier molecular flexibility index (Phi) is 3.78. The summed E-state index contributed by atoms with van der Waals surface area (Å²) in [5, 5.41) is 17.3. The van der Waals surface area contributed by atoms with E-state index in [1.165, 1.54) is 0 Å². The average Bonchev–Trinajstić information content (AvgIpc) is 2.74. The van der Waals surface area contributed by atoms with Gasteiger partial charge in [-0.15, -0.1) is 10.2 Å². The molecule has 0 radical (unpaired) electrons. The van der Waals surface area contributed by atoms with Gasteiger partial charge in [0.1, 0.15) is 5.01 Å². The Balaban J connectivity index is 2.20. The lowest BCUT2D eigenvalue weighted by Gasteiger charge is -2.05. The van der Waals surface area contributed by atoms with E-state index < -0.39 is 10.0 Å². The van der Waals surface area contributed by atoms with Crippen molar-refractivity contribution in [3.8, 4) is 6.07 Å². The highest BCUT2D eigenvalue weighted by Gasteiger charge is 2.16. The fourth-order valence-corrected chi connectivity index (χ4v) is 3.50. The molecule has 8 heteroatoms. The highest BCUT2D eigenvalue weighted by Crippen LogP contribution is 2.18.